The van der Waals surface area contributed by atoms with E-state index in [-0.39, 0.29) is 11.5 Å². The maximum absolute atomic E-state index is 13.0. The Bertz CT molecular complexity index is 596. The van der Waals surface area contributed by atoms with Gasteiger partial charge in [-0.3, -0.25) is 4.68 Å². The van der Waals surface area contributed by atoms with Crippen LogP contribution in [0.3, 0.4) is 0 Å². The molecule has 2 aromatic heterocycles. The molecule has 0 radical (unpaired) electrons. The van der Waals surface area contributed by atoms with Crippen molar-refractivity contribution in [3.8, 4) is 11.1 Å². The number of halogens is 3. The predicted octanol–water partition coefficient (Wildman–Crippen LogP) is 3.45. The Hall–Kier alpha value is -1.79. The van der Waals surface area contributed by atoms with E-state index in [2.05, 4.69) is 10.3 Å². The number of alkyl halides is 3. The maximum Gasteiger partial charge on any atom is 0.435 e. The lowest BCUT2D eigenvalue weighted by atomic mass is 10.1. The van der Waals surface area contributed by atoms with Gasteiger partial charge in [-0.05, 0) is 19.8 Å². The summed E-state index contributed by atoms with van der Waals surface area (Å²) in [5.41, 5.74) is -0.411. The average Bonchev–Trinajstić information content (AvgIpc) is 2.93. The molecule has 0 saturated heterocycles. The minimum Gasteiger partial charge on any atom is -0.360 e. The molecule has 0 aromatic carbocycles. The third-order valence-electron chi connectivity index (χ3n) is 3.19. The molecule has 1 aliphatic carbocycles. The number of aryl methyl sites for hydroxylation is 1. The van der Waals surface area contributed by atoms with Gasteiger partial charge >= 0.3 is 6.18 Å². The Labute approximate surface area is 107 Å². The standard InChI is InChI=1S/C12H12F3N3O/c1-2-18-6-9(11(17-18)12(13,14)15)8-5-16-19-10(8)7-3-4-7/h5-7H,2-4H2,1H3. The third-order valence-corrected chi connectivity index (χ3v) is 3.19. The normalized spacial score (nSPS) is 16.0. The van der Waals surface area contributed by atoms with Crippen molar-refractivity contribution in [2.24, 2.45) is 0 Å². The third kappa shape index (κ3) is 2.13. The van der Waals surface area contributed by atoms with Crippen LogP contribution in [0.5, 0.6) is 0 Å². The van der Waals surface area contributed by atoms with E-state index in [0.29, 0.717) is 17.9 Å². The molecule has 0 spiro atoms. The smallest absolute Gasteiger partial charge is 0.360 e. The van der Waals surface area contributed by atoms with Crippen LogP contribution >= 0.6 is 0 Å². The van der Waals surface area contributed by atoms with Crippen LogP contribution in [0.15, 0.2) is 16.9 Å². The van der Waals surface area contributed by atoms with Crippen molar-refractivity contribution in [3.63, 3.8) is 0 Å². The topological polar surface area (TPSA) is 43.9 Å². The van der Waals surface area contributed by atoms with Crippen LogP contribution in [0, 0.1) is 0 Å². The summed E-state index contributed by atoms with van der Waals surface area (Å²) in [7, 11) is 0. The second-order valence-corrected chi connectivity index (χ2v) is 4.62. The highest BCUT2D eigenvalue weighted by Gasteiger charge is 2.40. The molecule has 0 atom stereocenters. The van der Waals surface area contributed by atoms with E-state index in [1.165, 1.54) is 17.1 Å². The minimum absolute atomic E-state index is 0.0532. The molecule has 102 valence electrons. The quantitative estimate of drug-likeness (QED) is 0.858. The van der Waals surface area contributed by atoms with E-state index in [0.717, 1.165) is 12.8 Å². The molecule has 0 N–H and O–H groups in total. The molecule has 3 rings (SSSR count). The molecule has 1 aliphatic rings. The summed E-state index contributed by atoms with van der Waals surface area (Å²) in [5.74, 6) is 0.740. The van der Waals surface area contributed by atoms with E-state index in [1.54, 1.807) is 6.92 Å². The summed E-state index contributed by atoms with van der Waals surface area (Å²) in [6.45, 7) is 2.12. The average molecular weight is 271 g/mol. The molecule has 2 heterocycles. The molecular weight excluding hydrogens is 259 g/mol. The van der Waals surface area contributed by atoms with Crippen molar-refractivity contribution < 1.29 is 17.7 Å². The van der Waals surface area contributed by atoms with Crippen LogP contribution < -0.4 is 0 Å². The highest BCUT2D eigenvalue weighted by Crippen LogP contribution is 2.46. The largest absolute Gasteiger partial charge is 0.435 e. The molecule has 7 heteroatoms. The van der Waals surface area contributed by atoms with Crippen molar-refractivity contribution in [2.75, 3.05) is 0 Å². The van der Waals surface area contributed by atoms with Crippen molar-refractivity contribution in [1.82, 2.24) is 14.9 Å². The number of aromatic nitrogens is 3. The first-order chi connectivity index (χ1) is 9.00. The molecule has 0 aliphatic heterocycles. The van der Waals surface area contributed by atoms with E-state index in [1.807, 2.05) is 0 Å². The van der Waals surface area contributed by atoms with Crippen molar-refractivity contribution >= 4 is 0 Å². The van der Waals surface area contributed by atoms with E-state index < -0.39 is 11.9 Å². The second kappa shape index (κ2) is 4.11. The first-order valence-corrected chi connectivity index (χ1v) is 6.10. The molecule has 0 amide bonds. The molecule has 4 nitrogen and oxygen atoms in total. The first-order valence-electron chi connectivity index (χ1n) is 6.10. The molecule has 19 heavy (non-hydrogen) atoms. The predicted molar refractivity (Wildman–Crippen MR) is 60.4 cm³/mol. The summed E-state index contributed by atoms with van der Waals surface area (Å²) >= 11 is 0. The highest BCUT2D eigenvalue weighted by molar-refractivity contribution is 5.68. The molecule has 0 bridgehead atoms. The molecule has 2 aromatic rings. The molecular formula is C12H12F3N3O. The van der Waals surface area contributed by atoms with Gasteiger partial charge in [0.25, 0.3) is 0 Å². The maximum atomic E-state index is 13.0. The summed E-state index contributed by atoms with van der Waals surface area (Å²) in [5, 5.41) is 7.24. The van der Waals surface area contributed by atoms with Gasteiger partial charge in [-0.1, -0.05) is 5.16 Å². The lowest BCUT2D eigenvalue weighted by Gasteiger charge is -2.05. The van der Waals surface area contributed by atoms with Crippen molar-refractivity contribution in [2.45, 2.75) is 38.4 Å². The number of hydrogen-bond donors (Lipinski definition) is 0. The molecule has 0 unspecified atom stereocenters. The van der Waals surface area contributed by atoms with E-state index in [4.69, 9.17) is 4.52 Å². The van der Waals surface area contributed by atoms with E-state index >= 15 is 0 Å². The Morgan fingerprint density at radius 3 is 2.68 bits per heavy atom. The lowest BCUT2D eigenvalue weighted by molar-refractivity contribution is -0.141. The fourth-order valence-electron chi connectivity index (χ4n) is 2.08. The lowest BCUT2D eigenvalue weighted by Crippen LogP contribution is -2.08. The number of rotatable bonds is 3. The van der Waals surface area contributed by atoms with Crippen LogP contribution in [-0.4, -0.2) is 14.9 Å². The second-order valence-electron chi connectivity index (χ2n) is 4.62. The van der Waals surface area contributed by atoms with Gasteiger partial charge in [-0.25, -0.2) is 0 Å². The van der Waals surface area contributed by atoms with Gasteiger partial charge in [0, 0.05) is 29.8 Å². The Morgan fingerprint density at radius 2 is 2.11 bits per heavy atom. The number of hydrogen-bond acceptors (Lipinski definition) is 3. The van der Waals surface area contributed by atoms with Gasteiger partial charge in [0.2, 0.25) is 0 Å². The summed E-state index contributed by atoms with van der Waals surface area (Å²) in [6, 6.07) is 0. The molecule has 1 fully saturated rings. The van der Waals surface area contributed by atoms with Crippen LogP contribution in [0.1, 0.15) is 37.1 Å². The van der Waals surface area contributed by atoms with Crippen LogP contribution in [-0.2, 0) is 12.7 Å². The Balaban J connectivity index is 2.12. The minimum atomic E-state index is -4.48. The molecule has 1 saturated carbocycles. The first kappa shape index (κ1) is 12.3. The summed E-state index contributed by atoms with van der Waals surface area (Å²) < 4.78 is 45.4. The van der Waals surface area contributed by atoms with Gasteiger partial charge < -0.3 is 4.52 Å². The van der Waals surface area contributed by atoms with Gasteiger partial charge in [0.1, 0.15) is 5.76 Å². The fourth-order valence-corrected chi connectivity index (χ4v) is 2.08. The van der Waals surface area contributed by atoms with Crippen LogP contribution in [0.4, 0.5) is 13.2 Å². The fraction of sp³-hybridized carbons (Fsp3) is 0.500. The zero-order valence-corrected chi connectivity index (χ0v) is 10.2. The SMILES string of the molecule is CCn1cc(-c2cnoc2C2CC2)c(C(F)(F)F)n1. The zero-order chi connectivity index (χ0) is 13.6. The van der Waals surface area contributed by atoms with Gasteiger partial charge in [0.15, 0.2) is 5.69 Å². The zero-order valence-electron chi connectivity index (χ0n) is 10.2. The summed E-state index contributed by atoms with van der Waals surface area (Å²) in [4.78, 5) is 0. The number of nitrogens with zero attached hydrogens (tertiary/aromatic N) is 3. The van der Waals surface area contributed by atoms with Crippen LogP contribution in [0.2, 0.25) is 0 Å². The Morgan fingerprint density at radius 1 is 1.37 bits per heavy atom. The van der Waals surface area contributed by atoms with Crippen LogP contribution in [0.25, 0.3) is 11.1 Å². The Kier molecular flexibility index (Phi) is 2.65. The monoisotopic (exact) mass is 271 g/mol. The van der Waals surface area contributed by atoms with Gasteiger partial charge in [-0.15, -0.1) is 0 Å². The summed E-state index contributed by atoms with van der Waals surface area (Å²) in [6.07, 6.45) is 0.145. The van der Waals surface area contributed by atoms with Crippen molar-refractivity contribution in [3.05, 3.63) is 23.8 Å². The highest BCUT2D eigenvalue weighted by atomic mass is 19.4. The van der Waals surface area contributed by atoms with E-state index in [9.17, 15) is 13.2 Å². The van der Waals surface area contributed by atoms with Crippen molar-refractivity contribution in [1.29, 1.82) is 0 Å². The van der Waals surface area contributed by atoms with Gasteiger partial charge in [0.05, 0.1) is 6.20 Å². The van der Waals surface area contributed by atoms with Gasteiger partial charge in [-0.2, -0.15) is 18.3 Å².